The second-order valence-electron chi connectivity index (χ2n) is 3.60. The van der Waals surface area contributed by atoms with Crippen LogP contribution in [0.25, 0.3) is 11.2 Å². The van der Waals surface area contributed by atoms with Gasteiger partial charge in [0, 0.05) is 13.1 Å². The largest absolute Gasteiger partial charge is 0.506 e. The number of aromatic hydroxyl groups is 1. The summed E-state index contributed by atoms with van der Waals surface area (Å²) in [5, 5.41) is 17.4. The van der Waals surface area contributed by atoms with Crippen LogP contribution >= 0.6 is 0 Å². The molecule has 0 atom stereocenters. The fourth-order valence-corrected chi connectivity index (χ4v) is 1.39. The molecule has 0 unspecified atom stereocenters. The van der Waals surface area contributed by atoms with Crippen LogP contribution in [0.15, 0.2) is 6.07 Å². The molecule has 14 heavy (non-hydrogen) atoms. The minimum Gasteiger partial charge on any atom is -0.506 e. The predicted molar refractivity (Wildman–Crippen MR) is 52.1 cm³/mol. The van der Waals surface area contributed by atoms with E-state index in [0.29, 0.717) is 11.3 Å². The molecule has 1 N–H and O–H groups in total. The summed E-state index contributed by atoms with van der Waals surface area (Å²) in [6.45, 7) is 3.95. The molecule has 0 fully saturated rings. The summed E-state index contributed by atoms with van der Waals surface area (Å²) in [7, 11) is 1.77. The Bertz CT molecular complexity index is 475. The lowest BCUT2D eigenvalue weighted by Gasteiger charge is -2.06. The molecule has 2 rings (SSSR count). The highest BCUT2D eigenvalue weighted by Crippen LogP contribution is 2.25. The second kappa shape index (κ2) is 2.94. The molecule has 74 valence electrons. The summed E-state index contributed by atoms with van der Waals surface area (Å²) < 4.78 is 1.59. The molecule has 5 heteroatoms. The first-order chi connectivity index (χ1) is 6.59. The molecule has 2 aromatic heterocycles. The molecule has 0 aliphatic carbocycles. The monoisotopic (exact) mass is 192 g/mol. The van der Waals surface area contributed by atoms with Crippen molar-refractivity contribution in [3.8, 4) is 5.75 Å². The number of fused-ring (bicyclic) bond motifs is 1. The van der Waals surface area contributed by atoms with E-state index in [1.54, 1.807) is 17.8 Å². The van der Waals surface area contributed by atoms with Gasteiger partial charge in [-0.25, -0.2) is 9.67 Å². The van der Waals surface area contributed by atoms with Crippen molar-refractivity contribution in [2.75, 3.05) is 0 Å². The van der Waals surface area contributed by atoms with Gasteiger partial charge in [0.15, 0.2) is 0 Å². The Balaban J connectivity index is 2.72. The number of pyridine rings is 1. The molecule has 0 saturated carbocycles. The van der Waals surface area contributed by atoms with E-state index in [-0.39, 0.29) is 11.7 Å². The lowest BCUT2D eigenvalue weighted by Crippen LogP contribution is -1.95. The smallest absolute Gasteiger partial charge is 0.202 e. The molecular weight excluding hydrogens is 180 g/mol. The van der Waals surface area contributed by atoms with Crippen molar-refractivity contribution in [1.82, 2.24) is 20.0 Å². The van der Waals surface area contributed by atoms with Crippen molar-refractivity contribution in [2.24, 2.45) is 7.05 Å². The van der Waals surface area contributed by atoms with E-state index < -0.39 is 0 Å². The van der Waals surface area contributed by atoms with Gasteiger partial charge in [-0.1, -0.05) is 19.1 Å². The minimum absolute atomic E-state index is 0.182. The lowest BCUT2D eigenvalue weighted by molar-refractivity contribution is 0.461. The highest BCUT2D eigenvalue weighted by Gasteiger charge is 2.12. The zero-order valence-corrected chi connectivity index (χ0v) is 8.39. The van der Waals surface area contributed by atoms with Gasteiger partial charge in [-0.3, -0.25) is 0 Å². The summed E-state index contributed by atoms with van der Waals surface area (Å²) in [4.78, 5) is 4.25. The first kappa shape index (κ1) is 8.93. The first-order valence-electron chi connectivity index (χ1n) is 4.49. The average molecular weight is 192 g/mol. The second-order valence-corrected chi connectivity index (χ2v) is 3.60. The number of nitrogens with zero attached hydrogens (tertiary/aromatic N) is 4. The number of rotatable bonds is 1. The van der Waals surface area contributed by atoms with Crippen molar-refractivity contribution in [2.45, 2.75) is 19.8 Å². The fourth-order valence-electron chi connectivity index (χ4n) is 1.39. The van der Waals surface area contributed by atoms with E-state index >= 15 is 0 Å². The number of hydrogen-bond donors (Lipinski definition) is 1. The average Bonchev–Trinajstić information content (AvgIpc) is 2.46. The van der Waals surface area contributed by atoms with Crippen molar-refractivity contribution >= 4 is 11.2 Å². The van der Waals surface area contributed by atoms with Crippen LogP contribution in [0.1, 0.15) is 25.5 Å². The number of hydrogen-bond acceptors (Lipinski definition) is 4. The summed E-state index contributed by atoms with van der Waals surface area (Å²) in [5.41, 5.74) is 1.99. The Kier molecular flexibility index (Phi) is 1.87. The van der Waals surface area contributed by atoms with Gasteiger partial charge in [0.2, 0.25) is 5.65 Å². The molecule has 5 nitrogen and oxygen atoms in total. The predicted octanol–water partition coefficient (Wildman–Crippen LogP) is 1.19. The van der Waals surface area contributed by atoms with E-state index in [0.717, 1.165) is 5.52 Å². The maximum atomic E-state index is 9.69. The topological polar surface area (TPSA) is 63.8 Å². The summed E-state index contributed by atoms with van der Waals surface area (Å²) in [6, 6.07) is 1.65. The summed E-state index contributed by atoms with van der Waals surface area (Å²) >= 11 is 0. The maximum Gasteiger partial charge on any atom is 0.202 e. The third kappa shape index (κ3) is 1.21. The molecule has 2 aromatic rings. The van der Waals surface area contributed by atoms with E-state index in [9.17, 15) is 5.11 Å². The van der Waals surface area contributed by atoms with Crippen LogP contribution in [0.4, 0.5) is 0 Å². The third-order valence-corrected chi connectivity index (χ3v) is 2.16. The molecule has 0 aromatic carbocycles. The minimum atomic E-state index is 0.182. The Hall–Kier alpha value is -1.65. The van der Waals surface area contributed by atoms with E-state index in [2.05, 4.69) is 15.3 Å². The van der Waals surface area contributed by atoms with Crippen LogP contribution in [-0.4, -0.2) is 25.1 Å². The Labute approximate surface area is 81.4 Å². The fraction of sp³-hybridized carbons (Fsp3) is 0.444. The molecular formula is C9H12N4O. The molecule has 0 saturated heterocycles. The highest BCUT2D eigenvalue weighted by atomic mass is 16.3. The van der Waals surface area contributed by atoms with Gasteiger partial charge < -0.3 is 5.11 Å². The van der Waals surface area contributed by atoms with Crippen molar-refractivity contribution in [3.05, 3.63) is 11.8 Å². The van der Waals surface area contributed by atoms with Crippen molar-refractivity contribution in [1.29, 1.82) is 0 Å². The van der Waals surface area contributed by atoms with Gasteiger partial charge in [0.05, 0.1) is 5.69 Å². The Morgan fingerprint density at radius 2 is 2.14 bits per heavy atom. The lowest BCUT2D eigenvalue weighted by atomic mass is 10.1. The number of aromatic nitrogens is 4. The first-order valence-corrected chi connectivity index (χ1v) is 4.49. The molecule has 0 aliphatic heterocycles. The van der Waals surface area contributed by atoms with Crippen LogP contribution in [0.3, 0.4) is 0 Å². The van der Waals surface area contributed by atoms with Crippen LogP contribution in [0.2, 0.25) is 0 Å². The van der Waals surface area contributed by atoms with E-state index in [4.69, 9.17) is 0 Å². The van der Waals surface area contributed by atoms with Crippen LogP contribution in [0, 0.1) is 0 Å². The Morgan fingerprint density at radius 3 is 2.79 bits per heavy atom. The van der Waals surface area contributed by atoms with Crippen LogP contribution in [-0.2, 0) is 7.05 Å². The van der Waals surface area contributed by atoms with Gasteiger partial charge in [-0.2, -0.15) is 0 Å². The maximum absolute atomic E-state index is 9.69. The molecule has 0 spiro atoms. The molecule has 2 heterocycles. The van der Waals surface area contributed by atoms with E-state index in [1.165, 1.54) is 0 Å². The zero-order valence-electron chi connectivity index (χ0n) is 8.39. The summed E-state index contributed by atoms with van der Waals surface area (Å²) in [5.74, 6) is 0.388. The standard InChI is InChI=1S/C9H12N4O/c1-5(2)8-7(14)4-6-9(10-8)11-12-13(6)3/h4-5,14H,1-3H3. The van der Waals surface area contributed by atoms with Gasteiger partial charge in [0.1, 0.15) is 11.3 Å². The Morgan fingerprint density at radius 1 is 1.43 bits per heavy atom. The van der Waals surface area contributed by atoms with E-state index in [1.807, 2.05) is 13.8 Å². The van der Waals surface area contributed by atoms with Gasteiger partial charge in [0.25, 0.3) is 0 Å². The number of aryl methyl sites for hydroxylation is 1. The molecule has 0 amide bonds. The molecule has 0 aliphatic rings. The zero-order chi connectivity index (χ0) is 10.3. The van der Waals surface area contributed by atoms with Gasteiger partial charge >= 0.3 is 0 Å². The van der Waals surface area contributed by atoms with Crippen LogP contribution < -0.4 is 0 Å². The highest BCUT2D eigenvalue weighted by molar-refractivity contribution is 5.72. The van der Waals surface area contributed by atoms with Crippen molar-refractivity contribution < 1.29 is 5.11 Å². The SMILES string of the molecule is CC(C)c1nc2nnn(C)c2cc1O. The molecule has 0 radical (unpaired) electrons. The molecule has 0 bridgehead atoms. The van der Waals surface area contributed by atoms with Crippen LogP contribution in [0.5, 0.6) is 5.75 Å². The summed E-state index contributed by atoms with van der Waals surface area (Å²) in [6.07, 6.45) is 0. The third-order valence-electron chi connectivity index (χ3n) is 2.16. The van der Waals surface area contributed by atoms with Gasteiger partial charge in [-0.15, -0.1) is 5.10 Å². The van der Waals surface area contributed by atoms with Crippen molar-refractivity contribution in [3.63, 3.8) is 0 Å². The quantitative estimate of drug-likeness (QED) is 0.737. The van der Waals surface area contributed by atoms with Gasteiger partial charge in [-0.05, 0) is 5.92 Å². The normalized spacial score (nSPS) is 11.4.